The van der Waals surface area contributed by atoms with Crippen LogP contribution in [-0.2, 0) is 0 Å². The minimum absolute atomic E-state index is 0.195. The van der Waals surface area contributed by atoms with Crippen molar-refractivity contribution in [3.8, 4) is 0 Å². The van der Waals surface area contributed by atoms with Gasteiger partial charge in [0.2, 0.25) is 0 Å². The van der Waals surface area contributed by atoms with Gasteiger partial charge in [-0.3, -0.25) is 0 Å². The number of nitrogens with zero attached hydrogens (tertiary/aromatic N) is 1. The molecule has 0 saturated carbocycles. The quantitative estimate of drug-likeness (QED) is 0.896. The Hall–Kier alpha value is -1.32. The Labute approximate surface area is 127 Å². The molecule has 1 aromatic heterocycles. The van der Waals surface area contributed by atoms with Crippen LogP contribution in [0.25, 0.3) is 11.0 Å². The molecule has 21 heavy (non-hydrogen) atoms. The monoisotopic (exact) mass is 286 g/mol. The maximum absolute atomic E-state index is 6.08. The fourth-order valence-electron chi connectivity index (χ4n) is 3.56. The highest BCUT2D eigenvalue weighted by Crippen LogP contribution is 2.30. The van der Waals surface area contributed by atoms with Gasteiger partial charge in [-0.2, -0.15) is 0 Å². The normalized spacial score (nSPS) is 25.3. The topological polar surface area (TPSA) is 28.4 Å². The van der Waals surface area contributed by atoms with Crippen molar-refractivity contribution in [3.63, 3.8) is 0 Å². The zero-order chi connectivity index (χ0) is 15.0. The molecule has 3 nitrogen and oxygen atoms in total. The minimum Gasteiger partial charge on any atom is -0.459 e. The molecule has 1 aromatic carbocycles. The first-order chi connectivity index (χ1) is 10.1. The summed E-state index contributed by atoms with van der Waals surface area (Å²) in [6.45, 7) is 8.96. The average molecular weight is 286 g/mol. The van der Waals surface area contributed by atoms with Crippen LogP contribution in [0.15, 0.2) is 28.7 Å². The molecule has 1 aliphatic heterocycles. The molecule has 0 amide bonds. The van der Waals surface area contributed by atoms with Crippen molar-refractivity contribution in [1.29, 1.82) is 0 Å². The van der Waals surface area contributed by atoms with Gasteiger partial charge in [0.05, 0.1) is 6.04 Å². The Morgan fingerprint density at radius 3 is 2.52 bits per heavy atom. The van der Waals surface area contributed by atoms with Gasteiger partial charge in [-0.1, -0.05) is 24.6 Å². The summed E-state index contributed by atoms with van der Waals surface area (Å²) in [7, 11) is 0. The molecule has 3 rings (SSSR count). The van der Waals surface area contributed by atoms with Crippen molar-refractivity contribution < 1.29 is 4.42 Å². The number of hydrogen-bond acceptors (Lipinski definition) is 3. The molecule has 2 heterocycles. The number of hydrogen-bond donors (Lipinski definition) is 1. The molecule has 0 spiro atoms. The number of rotatable bonds is 3. The molecule has 3 atom stereocenters. The lowest BCUT2D eigenvalue weighted by Gasteiger charge is -2.40. The summed E-state index contributed by atoms with van der Waals surface area (Å²) in [4.78, 5) is 0. The van der Waals surface area contributed by atoms with E-state index in [0.717, 1.165) is 11.3 Å². The van der Waals surface area contributed by atoms with E-state index in [1.165, 1.54) is 30.2 Å². The van der Waals surface area contributed by atoms with E-state index in [1.54, 1.807) is 0 Å². The van der Waals surface area contributed by atoms with E-state index >= 15 is 0 Å². The fourth-order valence-corrected chi connectivity index (χ4v) is 3.56. The molecule has 1 fully saturated rings. The summed E-state index contributed by atoms with van der Waals surface area (Å²) in [5, 5.41) is 3.64. The predicted octanol–water partition coefficient (Wildman–Crippen LogP) is 4.57. The fraction of sp³-hybridized carbons (Fsp3) is 0.556. The molecule has 2 aromatic rings. The standard InChI is InChI=1S/C18H26N2O/c1-12-8-7-9-13(2)20(12)19-15(4)18-14(3)16-10-5-6-11-17(16)21-18/h5-6,10-13,15,19H,7-9H2,1-4H3. The maximum Gasteiger partial charge on any atom is 0.134 e. The van der Waals surface area contributed by atoms with Crippen LogP contribution in [0.2, 0.25) is 0 Å². The first kappa shape index (κ1) is 14.6. The van der Waals surface area contributed by atoms with Gasteiger partial charge in [0, 0.05) is 23.0 Å². The van der Waals surface area contributed by atoms with Gasteiger partial charge in [0.1, 0.15) is 11.3 Å². The van der Waals surface area contributed by atoms with Crippen LogP contribution in [0.3, 0.4) is 0 Å². The molecule has 114 valence electrons. The second-order valence-electron chi connectivity index (χ2n) is 6.47. The Morgan fingerprint density at radius 2 is 1.86 bits per heavy atom. The Morgan fingerprint density at radius 1 is 1.19 bits per heavy atom. The van der Waals surface area contributed by atoms with E-state index < -0.39 is 0 Å². The van der Waals surface area contributed by atoms with Crippen molar-refractivity contribution in [1.82, 2.24) is 10.4 Å². The lowest BCUT2D eigenvalue weighted by atomic mass is 9.99. The Kier molecular flexibility index (Phi) is 4.05. The molecule has 1 N–H and O–H groups in total. The van der Waals surface area contributed by atoms with Crippen molar-refractivity contribution in [2.75, 3.05) is 0 Å². The number of hydrazine groups is 1. The number of aryl methyl sites for hydroxylation is 1. The van der Waals surface area contributed by atoms with E-state index in [1.807, 2.05) is 12.1 Å². The second-order valence-corrected chi connectivity index (χ2v) is 6.47. The largest absolute Gasteiger partial charge is 0.459 e. The number of benzene rings is 1. The number of piperidine rings is 1. The van der Waals surface area contributed by atoms with Gasteiger partial charge in [0.15, 0.2) is 0 Å². The number of para-hydroxylation sites is 1. The molecule has 1 saturated heterocycles. The van der Waals surface area contributed by atoms with Crippen LogP contribution < -0.4 is 5.43 Å². The van der Waals surface area contributed by atoms with Gasteiger partial charge < -0.3 is 4.42 Å². The van der Waals surface area contributed by atoms with Crippen molar-refractivity contribution >= 4 is 11.0 Å². The summed E-state index contributed by atoms with van der Waals surface area (Å²) in [6, 6.07) is 9.65. The molecule has 1 aliphatic rings. The van der Waals surface area contributed by atoms with Crippen LogP contribution in [0, 0.1) is 6.92 Å². The van der Waals surface area contributed by atoms with Crippen LogP contribution in [0.5, 0.6) is 0 Å². The zero-order valence-electron chi connectivity index (χ0n) is 13.5. The summed E-state index contributed by atoms with van der Waals surface area (Å²) in [5.74, 6) is 1.06. The van der Waals surface area contributed by atoms with Crippen LogP contribution in [0.1, 0.15) is 57.4 Å². The van der Waals surface area contributed by atoms with E-state index in [9.17, 15) is 0 Å². The maximum atomic E-state index is 6.08. The Bertz CT molecular complexity index is 609. The third kappa shape index (κ3) is 2.72. The number of furan rings is 1. The number of nitrogens with one attached hydrogen (secondary N) is 1. The average Bonchev–Trinajstić information content (AvgIpc) is 2.81. The third-order valence-electron chi connectivity index (χ3n) is 4.81. The van der Waals surface area contributed by atoms with Gasteiger partial charge >= 0.3 is 0 Å². The second kappa shape index (κ2) is 5.82. The molecule has 3 unspecified atom stereocenters. The molecule has 0 bridgehead atoms. The summed E-state index contributed by atoms with van der Waals surface area (Å²) in [5.41, 5.74) is 5.91. The highest BCUT2D eigenvalue weighted by Gasteiger charge is 2.27. The van der Waals surface area contributed by atoms with Gasteiger partial charge in [-0.25, -0.2) is 10.4 Å². The highest BCUT2D eigenvalue weighted by molar-refractivity contribution is 5.82. The van der Waals surface area contributed by atoms with Crippen molar-refractivity contribution in [2.45, 2.75) is 65.1 Å². The zero-order valence-corrected chi connectivity index (χ0v) is 13.5. The lowest BCUT2D eigenvalue weighted by Crippen LogP contribution is -2.52. The molecule has 3 heteroatoms. The molecule has 0 aliphatic carbocycles. The first-order valence-electron chi connectivity index (χ1n) is 8.10. The predicted molar refractivity (Wildman–Crippen MR) is 87.1 cm³/mol. The van der Waals surface area contributed by atoms with Crippen LogP contribution >= 0.6 is 0 Å². The molecular weight excluding hydrogens is 260 g/mol. The van der Waals surface area contributed by atoms with Gasteiger partial charge in [-0.05, 0) is 46.6 Å². The molecule has 0 radical (unpaired) electrons. The minimum atomic E-state index is 0.195. The van der Waals surface area contributed by atoms with Crippen LogP contribution in [-0.4, -0.2) is 17.1 Å². The molecular formula is C18H26N2O. The number of fused-ring (bicyclic) bond motifs is 1. The van der Waals surface area contributed by atoms with Crippen molar-refractivity contribution in [3.05, 3.63) is 35.6 Å². The highest BCUT2D eigenvalue weighted by atomic mass is 16.3. The van der Waals surface area contributed by atoms with E-state index in [-0.39, 0.29) is 6.04 Å². The van der Waals surface area contributed by atoms with Gasteiger partial charge in [-0.15, -0.1) is 0 Å². The SMILES string of the molecule is Cc1c(C(C)NN2C(C)CCCC2C)oc2ccccc12. The first-order valence-corrected chi connectivity index (χ1v) is 8.10. The van der Waals surface area contributed by atoms with E-state index in [4.69, 9.17) is 4.42 Å². The van der Waals surface area contributed by atoms with E-state index in [0.29, 0.717) is 12.1 Å². The lowest BCUT2D eigenvalue weighted by molar-refractivity contribution is 0.0288. The third-order valence-corrected chi connectivity index (χ3v) is 4.81. The summed E-state index contributed by atoms with van der Waals surface area (Å²) >= 11 is 0. The Balaban J connectivity index is 1.83. The summed E-state index contributed by atoms with van der Waals surface area (Å²) < 4.78 is 6.08. The van der Waals surface area contributed by atoms with Crippen LogP contribution in [0.4, 0.5) is 0 Å². The smallest absolute Gasteiger partial charge is 0.134 e. The van der Waals surface area contributed by atoms with E-state index in [2.05, 4.69) is 50.3 Å². The van der Waals surface area contributed by atoms with Crippen molar-refractivity contribution in [2.24, 2.45) is 0 Å². The summed E-state index contributed by atoms with van der Waals surface area (Å²) in [6.07, 6.45) is 3.87. The van der Waals surface area contributed by atoms with Gasteiger partial charge in [0.25, 0.3) is 0 Å².